The van der Waals surface area contributed by atoms with Crippen LogP contribution in [-0.2, 0) is 13.1 Å². The van der Waals surface area contributed by atoms with Crippen LogP contribution in [0, 0.1) is 0 Å². The highest BCUT2D eigenvalue weighted by atomic mass is 16.3. The third kappa shape index (κ3) is 3.58. The highest BCUT2D eigenvalue weighted by molar-refractivity contribution is 5.29. The van der Waals surface area contributed by atoms with Crippen LogP contribution >= 0.6 is 0 Å². The first kappa shape index (κ1) is 13.6. The van der Waals surface area contributed by atoms with E-state index in [0.717, 1.165) is 25.1 Å². The molecular formula is C15H21N3O. The van der Waals surface area contributed by atoms with Gasteiger partial charge in [0.15, 0.2) is 0 Å². The summed E-state index contributed by atoms with van der Waals surface area (Å²) < 4.78 is 2.03. The largest absolute Gasteiger partial charge is 0.508 e. The number of nitrogens with zero attached hydrogens (tertiary/aromatic N) is 2. The zero-order chi connectivity index (χ0) is 13.7. The molecule has 0 saturated carbocycles. The molecule has 1 unspecified atom stereocenters. The monoisotopic (exact) mass is 259 g/mol. The van der Waals surface area contributed by atoms with E-state index in [9.17, 15) is 5.11 Å². The molecule has 2 rings (SSSR count). The fourth-order valence-electron chi connectivity index (χ4n) is 2.09. The van der Waals surface area contributed by atoms with Gasteiger partial charge in [0.1, 0.15) is 5.75 Å². The number of aryl methyl sites for hydroxylation is 1. The van der Waals surface area contributed by atoms with Crippen molar-refractivity contribution in [2.75, 3.05) is 0 Å². The second kappa shape index (κ2) is 6.38. The third-order valence-corrected chi connectivity index (χ3v) is 3.20. The minimum atomic E-state index is 0.192. The first-order valence-electron chi connectivity index (χ1n) is 6.73. The van der Waals surface area contributed by atoms with Crippen molar-refractivity contribution in [1.29, 1.82) is 0 Å². The van der Waals surface area contributed by atoms with Crippen molar-refractivity contribution in [3.05, 3.63) is 47.8 Å². The van der Waals surface area contributed by atoms with E-state index in [4.69, 9.17) is 0 Å². The molecule has 0 amide bonds. The van der Waals surface area contributed by atoms with Gasteiger partial charge in [-0.15, -0.1) is 0 Å². The molecule has 1 aromatic carbocycles. The summed E-state index contributed by atoms with van der Waals surface area (Å²) in [4.78, 5) is 0. The standard InChI is InChI=1S/C15H21N3O/c1-3-9-18-14(7-8-17-18)11-16-12(2)13-5-4-6-15(19)10-13/h4-8,10,12,16,19H,3,9,11H2,1-2H3. The Labute approximate surface area is 114 Å². The molecule has 1 aromatic heterocycles. The van der Waals surface area contributed by atoms with Gasteiger partial charge < -0.3 is 10.4 Å². The predicted octanol–water partition coefficient (Wildman–Crippen LogP) is 2.85. The topological polar surface area (TPSA) is 50.1 Å². The molecule has 0 aliphatic heterocycles. The molecule has 0 fully saturated rings. The van der Waals surface area contributed by atoms with Crippen molar-refractivity contribution in [2.45, 2.75) is 39.4 Å². The highest BCUT2D eigenvalue weighted by Crippen LogP contribution is 2.18. The van der Waals surface area contributed by atoms with Crippen LogP contribution in [0.2, 0.25) is 0 Å². The Balaban J connectivity index is 1.96. The molecule has 1 heterocycles. The number of aromatic nitrogens is 2. The SMILES string of the molecule is CCCn1nccc1CNC(C)c1cccc(O)c1. The van der Waals surface area contributed by atoms with E-state index in [-0.39, 0.29) is 6.04 Å². The second-order valence-corrected chi connectivity index (χ2v) is 4.74. The summed E-state index contributed by atoms with van der Waals surface area (Å²) in [5.41, 5.74) is 2.27. The molecule has 0 bridgehead atoms. The van der Waals surface area contributed by atoms with Crippen LogP contribution in [-0.4, -0.2) is 14.9 Å². The lowest BCUT2D eigenvalue weighted by Crippen LogP contribution is -2.20. The quantitative estimate of drug-likeness (QED) is 0.838. The normalized spacial score (nSPS) is 12.5. The summed E-state index contributed by atoms with van der Waals surface area (Å²) >= 11 is 0. The maximum Gasteiger partial charge on any atom is 0.115 e. The number of nitrogens with one attached hydrogen (secondary N) is 1. The van der Waals surface area contributed by atoms with Gasteiger partial charge in [-0.2, -0.15) is 5.10 Å². The molecule has 2 N–H and O–H groups in total. The molecule has 0 radical (unpaired) electrons. The summed E-state index contributed by atoms with van der Waals surface area (Å²) in [5, 5.41) is 17.2. The van der Waals surface area contributed by atoms with Crippen molar-refractivity contribution in [1.82, 2.24) is 15.1 Å². The molecule has 4 heteroatoms. The summed E-state index contributed by atoms with van der Waals surface area (Å²) in [6.45, 7) is 5.96. The van der Waals surface area contributed by atoms with Crippen molar-refractivity contribution < 1.29 is 5.11 Å². The first-order valence-corrected chi connectivity index (χ1v) is 6.73. The highest BCUT2D eigenvalue weighted by Gasteiger charge is 2.07. The molecule has 0 spiro atoms. The minimum absolute atomic E-state index is 0.192. The van der Waals surface area contributed by atoms with Gasteiger partial charge in [-0.05, 0) is 37.1 Å². The predicted molar refractivity (Wildman–Crippen MR) is 75.9 cm³/mol. The Morgan fingerprint density at radius 2 is 2.21 bits per heavy atom. The fraction of sp³-hybridized carbons (Fsp3) is 0.400. The maximum atomic E-state index is 9.49. The fourth-order valence-corrected chi connectivity index (χ4v) is 2.09. The van der Waals surface area contributed by atoms with Crippen LogP contribution in [0.5, 0.6) is 5.75 Å². The number of rotatable bonds is 6. The van der Waals surface area contributed by atoms with Gasteiger partial charge in [0.2, 0.25) is 0 Å². The molecule has 0 aliphatic carbocycles. The lowest BCUT2D eigenvalue weighted by Gasteiger charge is -2.15. The van der Waals surface area contributed by atoms with Crippen LogP contribution in [0.25, 0.3) is 0 Å². The van der Waals surface area contributed by atoms with Gasteiger partial charge in [0, 0.05) is 25.3 Å². The maximum absolute atomic E-state index is 9.49. The molecule has 19 heavy (non-hydrogen) atoms. The van der Waals surface area contributed by atoms with Crippen LogP contribution in [0.15, 0.2) is 36.5 Å². The van der Waals surface area contributed by atoms with Gasteiger partial charge >= 0.3 is 0 Å². The van der Waals surface area contributed by atoms with E-state index in [2.05, 4.69) is 24.3 Å². The van der Waals surface area contributed by atoms with Gasteiger partial charge in [0.05, 0.1) is 5.69 Å². The molecule has 1 atom stereocenters. The van der Waals surface area contributed by atoms with E-state index in [1.807, 2.05) is 29.1 Å². The van der Waals surface area contributed by atoms with E-state index < -0.39 is 0 Å². The number of benzene rings is 1. The summed E-state index contributed by atoms with van der Waals surface area (Å²) in [6.07, 6.45) is 2.92. The summed E-state index contributed by atoms with van der Waals surface area (Å²) in [5.74, 6) is 0.308. The second-order valence-electron chi connectivity index (χ2n) is 4.74. The van der Waals surface area contributed by atoms with Gasteiger partial charge in [0.25, 0.3) is 0 Å². The third-order valence-electron chi connectivity index (χ3n) is 3.20. The van der Waals surface area contributed by atoms with Crippen molar-refractivity contribution in [3.63, 3.8) is 0 Å². The Bertz CT molecular complexity index is 522. The molecule has 0 saturated heterocycles. The van der Waals surface area contributed by atoms with Gasteiger partial charge in [-0.3, -0.25) is 4.68 Å². The minimum Gasteiger partial charge on any atom is -0.508 e. The van der Waals surface area contributed by atoms with E-state index in [0.29, 0.717) is 5.75 Å². The number of hydrogen-bond donors (Lipinski definition) is 2. The average molecular weight is 259 g/mol. The Kier molecular flexibility index (Phi) is 4.58. The Hall–Kier alpha value is -1.81. The van der Waals surface area contributed by atoms with Gasteiger partial charge in [-0.1, -0.05) is 19.1 Å². The Morgan fingerprint density at radius 1 is 1.37 bits per heavy atom. The zero-order valence-corrected chi connectivity index (χ0v) is 11.5. The lowest BCUT2D eigenvalue weighted by molar-refractivity contribution is 0.471. The molecule has 2 aromatic rings. The summed E-state index contributed by atoms with van der Waals surface area (Å²) in [6, 6.07) is 9.59. The number of phenolic OH excluding ortho intramolecular Hbond substituents is 1. The van der Waals surface area contributed by atoms with Crippen molar-refractivity contribution in [3.8, 4) is 5.75 Å². The smallest absolute Gasteiger partial charge is 0.115 e. The average Bonchev–Trinajstić information content (AvgIpc) is 2.84. The number of hydrogen-bond acceptors (Lipinski definition) is 3. The van der Waals surface area contributed by atoms with Crippen LogP contribution in [0.3, 0.4) is 0 Å². The van der Waals surface area contributed by atoms with E-state index in [1.54, 1.807) is 12.1 Å². The zero-order valence-electron chi connectivity index (χ0n) is 11.5. The first-order chi connectivity index (χ1) is 9.20. The van der Waals surface area contributed by atoms with Crippen molar-refractivity contribution >= 4 is 0 Å². The molecule has 0 aliphatic rings. The number of aromatic hydroxyl groups is 1. The lowest BCUT2D eigenvalue weighted by atomic mass is 10.1. The van der Waals surface area contributed by atoms with E-state index in [1.165, 1.54) is 5.69 Å². The Morgan fingerprint density at radius 3 is 2.95 bits per heavy atom. The van der Waals surface area contributed by atoms with E-state index >= 15 is 0 Å². The number of phenols is 1. The molecule has 102 valence electrons. The molecule has 4 nitrogen and oxygen atoms in total. The van der Waals surface area contributed by atoms with Crippen molar-refractivity contribution in [2.24, 2.45) is 0 Å². The summed E-state index contributed by atoms with van der Waals surface area (Å²) in [7, 11) is 0. The van der Waals surface area contributed by atoms with Gasteiger partial charge in [-0.25, -0.2) is 0 Å². The molecular weight excluding hydrogens is 238 g/mol. The van der Waals surface area contributed by atoms with Crippen LogP contribution < -0.4 is 5.32 Å². The van der Waals surface area contributed by atoms with Crippen LogP contribution in [0.1, 0.15) is 37.6 Å². The van der Waals surface area contributed by atoms with Crippen LogP contribution in [0.4, 0.5) is 0 Å².